The van der Waals surface area contributed by atoms with Crippen LogP contribution in [-0.4, -0.2) is 48.3 Å². The van der Waals surface area contributed by atoms with Gasteiger partial charge in [-0.05, 0) is 63.7 Å². The maximum Gasteiger partial charge on any atom is 0.306 e. The first kappa shape index (κ1) is 16.2. The number of hydrogen-bond donors (Lipinski definition) is 4. The minimum Gasteiger partial charge on any atom is -0.481 e. The van der Waals surface area contributed by atoms with Crippen molar-refractivity contribution in [1.82, 2.24) is 10.6 Å². The molecule has 0 aromatic rings. The van der Waals surface area contributed by atoms with Gasteiger partial charge in [-0.25, -0.2) is 0 Å². The van der Waals surface area contributed by atoms with Gasteiger partial charge in [-0.1, -0.05) is 6.42 Å². The van der Waals surface area contributed by atoms with Gasteiger partial charge >= 0.3 is 11.9 Å². The van der Waals surface area contributed by atoms with E-state index in [2.05, 4.69) is 10.6 Å². The summed E-state index contributed by atoms with van der Waals surface area (Å²) in [5, 5.41) is 25.1. The van der Waals surface area contributed by atoms with Gasteiger partial charge in [-0.3, -0.25) is 9.59 Å². The van der Waals surface area contributed by atoms with Crippen molar-refractivity contribution >= 4 is 11.9 Å². The van der Waals surface area contributed by atoms with Crippen molar-refractivity contribution in [2.45, 2.75) is 32.1 Å². The molecule has 2 aliphatic rings. The highest BCUT2D eigenvalue weighted by molar-refractivity contribution is 5.71. The minimum atomic E-state index is -0.738. The van der Waals surface area contributed by atoms with E-state index < -0.39 is 11.9 Å². The number of carbonyl (C=O) groups is 2. The molecule has 2 heterocycles. The first-order valence-electron chi connectivity index (χ1n) is 7.96. The number of carboxylic acids is 2. The van der Waals surface area contributed by atoms with Gasteiger partial charge < -0.3 is 20.8 Å². The third-order valence-electron chi connectivity index (χ3n) is 5.00. The standard InChI is InChI=1S/C15H26N2O4/c18-14(19)12(10-4-6-16-8-10)2-1-3-13(15(20)21)11-5-7-17-9-11/h10-13,16-17H,1-9H2,(H,18,19)(H,20,21). The van der Waals surface area contributed by atoms with E-state index in [4.69, 9.17) is 0 Å². The fraction of sp³-hybridized carbons (Fsp3) is 0.867. The molecule has 2 fully saturated rings. The van der Waals surface area contributed by atoms with Crippen LogP contribution >= 0.6 is 0 Å². The third-order valence-corrected chi connectivity index (χ3v) is 5.00. The van der Waals surface area contributed by atoms with Crippen molar-refractivity contribution in [3.05, 3.63) is 0 Å². The Kier molecular flexibility index (Phi) is 5.99. The molecule has 0 aliphatic carbocycles. The summed E-state index contributed by atoms with van der Waals surface area (Å²) in [7, 11) is 0. The van der Waals surface area contributed by atoms with Crippen LogP contribution in [0.3, 0.4) is 0 Å². The molecule has 6 heteroatoms. The van der Waals surface area contributed by atoms with Crippen LogP contribution in [0.5, 0.6) is 0 Å². The average Bonchev–Trinajstić information content (AvgIpc) is 3.10. The quantitative estimate of drug-likeness (QED) is 0.528. The zero-order chi connectivity index (χ0) is 15.2. The van der Waals surface area contributed by atoms with Gasteiger partial charge in [0.15, 0.2) is 0 Å². The van der Waals surface area contributed by atoms with Crippen LogP contribution in [0.1, 0.15) is 32.1 Å². The summed E-state index contributed by atoms with van der Waals surface area (Å²) in [6, 6.07) is 0. The van der Waals surface area contributed by atoms with Gasteiger partial charge in [0.25, 0.3) is 0 Å². The number of nitrogens with one attached hydrogen (secondary N) is 2. The van der Waals surface area contributed by atoms with Gasteiger partial charge in [0.1, 0.15) is 0 Å². The van der Waals surface area contributed by atoms with E-state index in [9.17, 15) is 19.8 Å². The predicted octanol–water partition coefficient (Wildman–Crippen LogP) is 0.777. The maximum absolute atomic E-state index is 11.4. The van der Waals surface area contributed by atoms with Crippen molar-refractivity contribution in [3.63, 3.8) is 0 Å². The highest BCUT2D eigenvalue weighted by Gasteiger charge is 2.33. The van der Waals surface area contributed by atoms with Crippen LogP contribution in [-0.2, 0) is 9.59 Å². The van der Waals surface area contributed by atoms with E-state index in [1.54, 1.807) is 0 Å². The lowest BCUT2D eigenvalue weighted by Gasteiger charge is -2.21. The summed E-state index contributed by atoms with van der Waals surface area (Å²) in [6.45, 7) is 3.32. The molecule has 4 N–H and O–H groups in total. The summed E-state index contributed by atoms with van der Waals surface area (Å²) < 4.78 is 0. The van der Waals surface area contributed by atoms with Crippen molar-refractivity contribution in [3.8, 4) is 0 Å². The average molecular weight is 298 g/mol. The topological polar surface area (TPSA) is 98.7 Å². The first-order valence-corrected chi connectivity index (χ1v) is 7.96. The Balaban J connectivity index is 1.81. The number of hydrogen-bond acceptors (Lipinski definition) is 4. The molecule has 4 atom stereocenters. The normalized spacial score (nSPS) is 28.4. The minimum absolute atomic E-state index is 0.193. The maximum atomic E-state index is 11.4. The number of rotatable bonds is 8. The lowest BCUT2D eigenvalue weighted by molar-refractivity contribution is -0.143. The molecule has 0 aromatic carbocycles. The number of carboxylic acid groups (broad SMARTS) is 2. The van der Waals surface area contributed by atoms with Gasteiger partial charge in [0, 0.05) is 0 Å². The smallest absolute Gasteiger partial charge is 0.306 e. The highest BCUT2D eigenvalue weighted by Crippen LogP contribution is 2.28. The summed E-state index contributed by atoms with van der Waals surface area (Å²) in [5.41, 5.74) is 0. The highest BCUT2D eigenvalue weighted by atomic mass is 16.4. The Hall–Kier alpha value is -1.14. The van der Waals surface area contributed by atoms with Crippen LogP contribution in [0.25, 0.3) is 0 Å². The Morgan fingerprint density at radius 3 is 1.62 bits per heavy atom. The molecule has 0 bridgehead atoms. The summed E-state index contributed by atoms with van der Waals surface area (Å²) in [5.74, 6) is -1.76. The van der Waals surface area contributed by atoms with E-state index in [1.165, 1.54) is 0 Å². The van der Waals surface area contributed by atoms with E-state index in [-0.39, 0.29) is 23.7 Å². The summed E-state index contributed by atoms with van der Waals surface area (Å²) in [6.07, 6.45) is 3.68. The third kappa shape index (κ3) is 4.41. The van der Waals surface area contributed by atoms with Crippen LogP contribution in [0.4, 0.5) is 0 Å². The Morgan fingerprint density at radius 2 is 1.33 bits per heavy atom. The molecule has 0 spiro atoms. The van der Waals surface area contributed by atoms with Crippen LogP contribution in [0.15, 0.2) is 0 Å². The fourth-order valence-electron chi connectivity index (χ4n) is 3.72. The molecule has 0 aromatic heterocycles. The van der Waals surface area contributed by atoms with Gasteiger partial charge in [-0.2, -0.15) is 0 Å². The second-order valence-electron chi connectivity index (χ2n) is 6.33. The fourth-order valence-corrected chi connectivity index (χ4v) is 3.72. The van der Waals surface area contributed by atoms with E-state index in [0.717, 1.165) is 39.0 Å². The largest absolute Gasteiger partial charge is 0.481 e. The van der Waals surface area contributed by atoms with E-state index in [1.807, 2.05) is 0 Å². The zero-order valence-corrected chi connectivity index (χ0v) is 12.4. The lowest BCUT2D eigenvalue weighted by Crippen LogP contribution is -2.28. The lowest BCUT2D eigenvalue weighted by atomic mass is 9.83. The van der Waals surface area contributed by atoms with Crippen molar-refractivity contribution in [2.75, 3.05) is 26.2 Å². The molecule has 2 aliphatic heterocycles. The molecular weight excluding hydrogens is 272 g/mol. The molecule has 120 valence electrons. The Bertz CT molecular complexity index is 329. The zero-order valence-electron chi connectivity index (χ0n) is 12.4. The van der Waals surface area contributed by atoms with Gasteiger partial charge in [0.05, 0.1) is 11.8 Å². The van der Waals surface area contributed by atoms with E-state index in [0.29, 0.717) is 19.3 Å². The Labute approximate surface area is 125 Å². The van der Waals surface area contributed by atoms with Crippen LogP contribution in [0, 0.1) is 23.7 Å². The van der Waals surface area contributed by atoms with Gasteiger partial charge in [-0.15, -0.1) is 0 Å². The van der Waals surface area contributed by atoms with Crippen LogP contribution in [0.2, 0.25) is 0 Å². The SMILES string of the molecule is O=C(O)C(CCCC(C(=O)O)C1CCNC1)C1CCNC1. The first-order chi connectivity index (χ1) is 10.1. The van der Waals surface area contributed by atoms with Crippen LogP contribution < -0.4 is 10.6 Å². The molecule has 0 amide bonds. The summed E-state index contributed by atoms with van der Waals surface area (Å²) >= 11 is 0. The van der Waals surface area contributed by atoms with E-state index >= 15 is 0 Å². The second kappa shape index (κ2) is 7.75. The van der Waals surface area contributed by atoms with Crippen molar-refractivity contribution in [2.24, 2.45) is 23.7 Å². The molecule has 0 saturated carbocycles. The molecule has 21 heavy (non-hydrogen) atoms. The Morgan fingerprint density at radius 1 is 0.905 bits per heavy atom. The molecule has 0 radical (unpaired) electrons. The monoisotopic (exact) mass is 298 g/mol. The summed E-state index contributed by atoms with van der Waals surface area (Å²) in [4.78, 5) is 22.8. The van der Waals surface area contributed by atoms with Crippen molar-refractivity contribution in [1.29, 1.82) is 0 Å². The second-order valence-corrected chi connectivity index (χ2v) is 6.33. The molecule has 4 unspecified atom stereocenters. The van der Waals surface area contributed by atoms with Crippen molar-refractivity contribution < 1.29 is 19.8 Å². The molecular formula is C15H26N2O4. The van der Waals surface area contributed by atoms with Gasteiger partial charge in [0.2, 0.25) is 0 Å². The predicted molar refractivity (Wildman–Crippen MR) is 78.1 cm³/mol. The molecule has 2 rings (SSSR count). The molecule has 6 nitrogen and oxygen atoms in total. The number of aliphatic carboxylic acids is 2. The molecule has 2 saturated heterocycles.